The molecule has 2 bridgehead atoms. The number of aromatic nitrogens is 2. The lowest BCUT2D eigenvalue weighted by molar-refractivity contribution is 0.273. The van der Waals surface area contributed by atoms with E-state index in [1.54, 1.807) is 0 Å². The second-order valence-corrected chi connectivity index (χ2v) is 5.00. The Labute approximate surface area is 95.8 Å². The van der Waals surface area contributed by atoms with Crippen LogP contribution in [0, 0.1) is 11.7 Å². The van der Waals surface area contributed by atoms with Crippen LogP contribution in [-0.4, -0.2) is 27.4 Å². The van der Waals surface area contributed by atoms with Crippen molar-refractivity contribution in [2.24, 2.45) is 5.92 Å². The highest BCUT2D eigenvalue weighted by Gasteiger charge is 2.56. The summed E-state index contributed by atoms with van der Waals surface area (Å²) in [6.07, 6.45) is 4.89. The van der Waals surface area contributed by atoms with Gasteiger partial charge in [0.05, 0.1) is 17.9 Å². The Morgan fingerprint density at radius 3 is 2.73 bits per heavy atom. The Morgan fingerprint density at radius 2 is 2.13 bits per heavy atom. The predicted molar refractivity (Wildman–Crippen MR) is 58.6 cm³/mol. The topological polar surface area (TPSA) is 29.0 Å². The van der Waals surface area contributed by atoms with Crippen LogP contribution in [0.15, 0.2) is 12.4 Å². The average Bonchev–Trinajstić information content (AvgIpc) is 2.72. The first-order valence-corrected chi connectivity index (χ1v) is 6.17. The van der Waals surface area contributed by atoms with Crippen LogP contribution in [0.25, 0.3) is 0 Å². The van der Waals surface area contributed by atoms with E-state index < -0.39 is 0 Å². The number of nitrogens with zero attached hydrogens (tertiary/aromatic N) is 3. The van der Waals surface area contributed by atoms with Crippen LogP contribution < -0.4 is 4.90 Å². The van der Waals surface area contributed by atoms with Gasteiger partial charge in [-0.3, -0.25) is 0 Å². The largest absolute Gasteiger partial charge is 0.334 e. The molecule has 0 spiro atoms. The fourth-order valence-corrected chi connectivity index (χ4v) is 3.50. The highest BCUT2D eigenvalue weighted by Crippen LogP contribution is 2.52. The van der Waals surface area contributed by atoms with Crippen LogP contribution in [0.4, 0.5) is 10.3 Å². The third-order valence-electron chi connectivity index (χ3n) is 3.45. The third-order valence-corrected chi connectivity index (χ3v) is 4.49. The normalized spacial score (nSPS) is 32.9. The molecule has 0 unspecified atom stereocenters. The van der Waals surface area contributed by atoms with Crippen molar-refractivity contribution in [2.75, 3.05) is 16.8 Å². The predicted octanol–water partition coefficient (Wildman–Crippen LogP) is 1.98. The van der Waals surface area contributed by atoms with Crippen LogP contribution in [0.2, 0.25) is 0 Å². The molecule has 0 aromatic carbocycles. The van der Waals surface area contributed by atoms with Gasteiger partial charge in [-0.1, -0.05) is 15.9 Å². The molecule has 3 nitrogen and oxygen atoms in total. The Bertz CT molecular complexity index is 375. The van der Waals surface area contributed by atoms with Gasteiger partial charge in [-0.15, -0.1) is 0 Å². The maximum absolute atomic E-state index is 12.7. The highest BCUT2D eigenvalue weighted by molar-refractivity contribution is 9.09. The molecule has 1 aliphatic carbocycles. The molecule has 0 radical (unpaired) electrons. The number of anilines is 1. The maximum Gasteiger partial charge on any atom is 0.225 e. The molecule has 5 heteroatoms. The molecular weight excluding hydrogens is 261 g/mol. The molecule has 15 heavy (non-hydrogen) atoms. The monoisotopic (exact) mass is 271 g/mol. The number of rotatable bonds is 2. The lowest BCUT2D eigenvalue weighted by Crippen LogP contribution is -2.48. The minimum atomic E-state index is -0.377. The van der Waals surface area contributed by atoms with E-state index in [1.807, 2.05) is 0 Å². The van der Waals surface area contributed by atoms with Gasteiger partial charge in [0.2, 0.25) is 5.95 Å². The van der Waals surface area contributed by atoms with Gasteiger partial charge in [-0.25, -0.2) is 14.4 Å². The second kappa shape index (κ2) is 3.14. The van der Waals surface area contributed by atoms with E-state index >= 15 is 0 Å². The second-order valence-electron chi connectivity index (χ2n) is 4.44. The first kappa shape index (κ1) is 9.51. The van der Waals surface area contributed by atoms with Crippen molar-refractivity contribution in [1.82, 2.24) is 9.97 Å². The zero-order chi connectivity index (χ0) is 10.5. The van der Waals surface area contributed by atoms with Crippen molar-refractivity contribution >= 4 is 21.9 Å². The Hall–Kier alpha value is -0.710. The summed E-state index contributed by atoms with van der Waals surface area (Å²) >= 11 is 3.55. The van der Waals surface area contributed by atoms with Crippen molar-refractivity contribution in [1.29, 1.82) is 0 Å². The van der Waals surface area contributed by atoms with Crippen LogP contribution in [-0.2, 0) is 0 Å². The van der Waals surface area contributed by atoms with Gasteiger partial charge in [0.25, 0.3) is 0 Å². The van der Waals surface area contributed by atoms with Crippen molar-refractivity contribution in [2.45, 2.75) is 18.4 Å². The van der Waals surface area contributed by atoms with Gasteiger partial charge in [-0.05, 0) is 18.8 Å². The van der Waals surface area contributed by atoms with E-state index in [9.17, 15) is 4.39 Å². The van der Waals surface area contributed by atoms with Crippen LogP contribution in [0.1, 0.15) is 12.8 Å². The van der Waals surface area contributed by atoms with Crippen LogP contribution >= 0.6 is 15.9 Å². The van der Waals surface area contributed by atoms with Crippen molar-refractivity contribution in [3.05, 3.63) is 18.2 Å². The molecule has 80 valence electrons. The van der Waals surface area contributed by atoms with E-state index in [4.69, 9.17) is 0 Å². The molecule has 1 aromatic heterocycles. The highest BCUT2D eigenvalue weighted by atomic mass is 79.9. The standard InChI is InChI=1S/C10H11BrFN3/c11-6-10-1-7(2-10)5-15(10)9-13-3-8(12)4-14-9/h3-4,7H,1-2,5-6H2. The molecule has 0 N–H and O–H groups in total. The van der Waals surface area contributed by atoms with Gasteiger partial charge >= 0.3 is 0 Å². The van der Waals surface area contributed by atoms with Crippen LogP contribution in [0.3, 0.4) is 0 Å². The summed E-state index contributed by atoms with van der Waals surface area (Å²) in [4.78, 5) is 10.3. The van der Waals surface area contributed by atoms with E-state index in [1.165, 1.54) is 25.2 Å². The summed E-state index contributed by atoms with van der Waals surface area (Å²) in [6, 6.07) is 0. The minimum absolute atomic E-state index is 0.197. The SMILES string of the molecule is Fc1cnc(N2CC3CC2(CBr)C3)nc1. The van der Waals surface area contributed by atoms with Gasteiger partial charge in [-0.2, -0.15) is 0 Å². The Morgan fingerprint density at radius 1 is 1.47 bits per heavy atom. The molecule has 3 heterocycles. The zero-order valence-corrected chi connectivity index (χ0v) is 9.74. The van der Waals surface area contributed by atoms with E-state index in [0.717, 1.165) is 17.8 Å². The van der Waals surface area contributed by atoms with Crippen molar-refractivity contribution in [3.8, 4) is 0 Å². The molecule has 0 amide bonds. The molecule has 2 saturated heterocycles. The molecule has 2 aliphatic heterocycles. The molecule has 3 aliphatic rings. The van der Waals surface area contributed by atoms with E-state index in [-0.39, 0.29) is 11.4 Å². The quantitative estimate of drug-likeness (QED) is 0.771. The zero-order valence-electron chi connectivity index (χ0n) is 8.16. The van der Waals surface area contributed by atoms with Gasteiger partial charge in [0.1, 0.15) is 0 Å². The molecular formula is C10H11BrFN3. The third kappa shape index (κ3) is 1.29. The van der Waals surface area contributed by atoms with Crippen molar-refractivity contribution < 1.29 is 4.39 Å². The summed E-state index contributed by atoms with van der Waals surface area (Å²) in [7, 11) is 0. The number of hydrogen-bond donors (Lipinski definition) is 0. The summed E-state index contributed by atoms with van der Waals surface area (Å²) < 4.78 is 12.7. The van der Waals surface area contributed by atoms with Crippen LogP contribution in [0.5, 0.6) is 0 Å². The summed E-state index contributed by atoms with van der Waals surface area (Å²) in [5.41, 5.74) is 0.197. The van der Waals surface area contributed by atoms with Crippen molar-refractivity contribution in [3.63, 3.8) is 0 Å². The summed E-state index contributed by atoms with van der Waals surface area (Å²) in [5, 5.41) is 0.942. The number of hydrogen-bond acceptors (Lipinski definition) is 3. The number of fused-ring (bicyclic) bond motifs is 1. The lowest BCUT2D eigenvalue weighted by atomic mass is 9.75. The molecule has 1 aromatic rings. The van der Waals surface area contributed by atoms with Gasteiger partial charge in [0.15, 0.2) is 5.82 Å². The minimum Gasteiger partial charge on any atom is -0.334 e. The molecule has 3 fully saturated rings. The molecule has 0 atom stereocenters. The maximum atomic E-state index is 12.7. The Balaban J connectivity index is 1.91. The summed E-state index contributed by atoms with van der Waals surface area (Å²) in [5.74, 6) is 1.06. The first-order chi connectivity index (χ1) is 7.23. The fraction of sp³-hybridized carbons (Fsp3) is 0.600. The number of alkyl halides is 1. The number of halogens is 2. The Kier molecular flexibility index (Phi) is 1.99. The smallest absolute Gasteiger partial charge is 0.225 e. The van der Waals surface area contributed by atoms with E-state index in [2.05, 4.69) is 30.8 Å². The lowest BCUT2D eigenvalue weighted by Gasteiger charge is -2.40. The first-order valence-electron chi connectivity index (χ1n) is 5.05. The van der Waals surface area contributed by atoms with E-state index in [0.29, 0.717) is 5.95 Å². The fourth-order valence-electron chi connectivity index (χ4n) is 2.74. The molecule has 4 rings (SSSR count). The van der Waals surface area contributed by atoms with Gasteiger partial charge < -0.3 is 4.90 Å². The summed E-state index contributed by atoms with van der Waals surface area (Å²) in [6.45, 7) is 1.01. The van der Waals surface area contributed by atoms with Gasteiger partial charge in [0, 0.05) is 11.9 Å². The average molecular weight is 272 g/mol. The molecule has 1 saturated carbocycles.